The number of methoxy groups -OCH3 is 1. The molecule has 1 atom stereocenters. The smallest absolute Gasteiger partial charge is 0.165 e. The van der Waals surface area contributed by atoms with Gasteiger partial charge in [0.25, 0.3) is 0 Å². The van der Waals surface area contributed by atoms with E-state index in [2.05, 4.69) is 26.1 Å². The lowest BCUT2D eigenvalue weighted by Crippen LogP contribution is -2.31. The highest BCUT2D eigenvalue weighted by molar-refractivity contribution is 5.31. The maximum atomic E-state index is 13.7. The van der Waals surface area contributed by atoms with E-state index in [1.54, 1.807) is 12.1 Å². The van der Waals surface area contributed by atoms with Crippen LogP contribution in [-0.2, 0) is 0 Å². The Labute approximate surface area is 103 Å². The van der Waals surface area contributed by atoms with Crippen molar-refractivity contribution in [2.45, 2.75) is 33.2 Å². The lowest BCUT2D eigenvalue weighted by Gasteiger charge is -2.33. The standard InChI is InChI=1S/C14H22FNO/c1-6-14(2,3)13(16-4)10-7-8-12(17-5)11(15)9-10/h7-9,13,16H,6H2,1-5H3. The summed E-state index contributed by atoms with van der Waals surface area (Å²) in [6, 6.07) is 5.28. The zero-order chi connectivity index (χ0) is 13.1. The van der Waals surface area contributed by atoms with E-state index < -0.39 is 0 Å². The first-order chi connectivity index (χ1) is 7.96. The highest BCUT2D eigenvalue weighted by atomic mass is 19.1. The lowest BCUT2D eigenvalue weighted by molar-refractivity contribution is 0.244. The summed E-state index contributed by atoms with van der Waals surface area (Å²) in [6.45, 7) is 6.50. The van der Waals surface area contributed by atoms with Crippen molar-refractivity contribution >= 4 is 0 Å². The molecule has 1 aromatic rings. The molecule has 0 heterocycles. The van der Waals surface area contributed by atoms with Crippen LogP contribution < -0.4 is 10.1 Å². The molecule has 2 nitrogen and oxygen atoms in total. The molecule has 0 spiro atoms. The van der Waals surface area contributed by atoms with Crippen LogP contribution in [0.25, 0.3) is 0 Å². The summed E-state index contributed by atoms with van der Waals surface area (Å²) < 4.78 is 18.6. The van der Waals surface area contributed by atoms with Gasteiger partial charge < -0.3 is 10.1 Å². The zero-order valence-electron chi connectivity index (χ0n) is 11.3. The maximum Gasteiger partial charge on any atom is 0.165 e. The second-order valence-electron chi connectivity index (χ2n) is 4.96. The Balaban J connectivity index is 3.09. The van der Waals surface area contributed by atoms with Gasteiger partial charge in [0.05, 0.1) is 7.11 Å². The van der Waals surface area contributed by atoms with Gasteiger partial charge in [0, 0.05) is 6.04 Å². The van der Waals surface area contributed by atoms with Gasteiger partial charge in [-0.1, -0.05) is 26.8 Å². The molecule has 17 heavy (non-hydrogen) atoms. The Morgan fingerprint density at radius 1 is 1.41 bits per heavy atom. The maximum absolute atomic E-state index is 13.7. The molecule has 1 unspecified atom stereocenters. The molecule has 0 aliphatic heterocycles. The number of nitrogens with one attached hydrogen (secondary N) is 1. The third-order valence-electron chi connectivity index (χ3n) is 3.49. The summed E-state index contributed by atoms with van der Waals surface area (Å²) in [7, 11) is 3.38. The Kier molecular flexibility index (Phi) is 4.52. The number of benzene rings is 1. The molecule has 0 aliphatic rings. The fourth-order valence-corrected chi connectivity index (χ4v) is 2.07. The van der Waals surface area contributed by atoms with Gasteiger partial charge in [-0.05, 0) is 36.6 Å². The fourth-order valence-electron chi connectivity index (χ4n) is 2.07. The Bertz CT molecular complexity index is 376. The van der Waals surface area contributed by atoms with Crippen molar-refractivity contribution in [2.75, 3.05) is 14.2 Å². The molecule has 0 saturated heterocycles. The van der Waals surface area contributed by atoms with Gasteiger partial charge in [0.15, 0.2) is 11.6 Å². The number of hydrogen-bond acceptors (Lipinski definition) is 2. The molecule has 0 aromatic heterocycles. The number of halogens is 1. The molecular formula is C14H22FNO. The third kappa shape index (κ3) is 2.97. The second-order valence-corrected chi connectivity index (χ2v) is 4.96. The van der Waals surface area contributed by atoms with Gasteiger partial charge in [-0.15, -0.1) is 0 Å². The highest BCUT2D eigenvalue weighted by Crippen LogP contribution is 2.37. The van der Waals surface area contributed by atoms with Crippen LogP contribution in [0.3, 0.4) is 0 Å². The summed E-state index contributed by atoms with van der Waals surface area (Å²) in [4.78, 5) is 0. The van der Waals surface area contributed by atoms with Gasteiger partial charge in [-0.25, -0.2) is 4.39 Å². The summed E-state index contributed by atoms with van der Waals surface area (Å²) >= 11 is 0. The molecule has 1 N–H and O–H groups in total. The van der Waals surface area contributed by atoms with Crippen LogP contribution in [0, 0.1) is 11.2 Å². The topological polar surface area (TPSA) is 21.3 Å². The molecule has 0 fully saturated rings. The molecule has 0 bridgehead atoms. The van der Waals surface area contributed by atoms with E-state index in [1.165, 1.54) is 7.11 Å². The molecule has 1 rings (SSSR count). The van der Waals surface area contributed by atoms with Crippen LogP contribution >= 0.6 is 0 Å². The van der Waals surface area contributed by atoms with Gasteiger partial charge in [0.1, 0.15) is 0 Å². The van der Waals surface area contributed by atoms with Crippen LogP contribution in [0.15, 0.2) is 18.2 Å². The largest absolute Gasteiger partial charge is 0.494 e. The first kappa shape index (κ1) is 14.0. The average molecular weight is 239 g/mol. The monoisotopic (exact) mass is 239 g/mol. The van der Waals surface area contributed by atoms with Crippen molar-refractivity contribution < 1.29 is 9.13 Å². The molecule has 96 valence electrons. The minimum Gasteiger partial charge on any atom is -0.494 e. The number of rotatable bonds is 5. The summed E-state index contributed by atoms with van der Waals surface area (Å²) in [6.07, 6.45) is 1.02. The van der Waals surface area contributed by atoms with E-state index >= 15 is 0 Å². The van der Waals surface area contributed by atoms with Crippen molar-refractivity contribution in [1.29, 1.82) is 0 Å². The van der Waals surface area contributed by atoms with Crippen molar-refractivity contribution in [3.05, 3.63) is 29.6 Å². The van der Waals surface area contributed by atoms with Crippen LogP contribution in [0.2, 0.25) is 0 Å². The van der Waals surface area contributed by atoms with E-state index in [-0.39, 0.29) is 23.0 Å². The van der Waals surface area contributed by atoms with Gasteiger partial charge >= 0.3 is 0 Å². The normalized spacial score (nSPS) is 13.5. The van der Waals surface area contributed by atoms with E-state index in [0.717, 1.165) is 12.0 Å². The molecule has 0 aliphatic carbocycles. The van der Waals surface area contributed by atoms with Gasteiger partial charge in [-0.2, -0.15) is 0 Å². The Morgan fingerprint density at radius 2 is 2.06 bits per heavy atom. The minimum absolute atomic E-state index is 0.0791. The highest BCUT2D eigenvalue weighted by Gasteiger charge is 2.28. The van der Waals surface area contributed by atoms with Gasteiger partial charge in [-0.3, -0.25) is 0 Å². The molecule has 0 saturated carbocycles. The Hall–Kier alpha value is -1.09. The summed E-state index contributed by atoms with van der Waals surface area (Å²) in [5.41, 5.74) is 1.04. The van der Waals surface area contributed by atoms with E-state index in [0.29, 0.717) is 0 Å². The second kappa shape index (κ2) is 5.50. The zero-order valence-corrected chi connectivity index (χ0v) is 11.3. The minimum atomic E-state index is -0.308. The van der Waals surface area contributed by atoms with Crippen molar-refractivity contribution in [3.8, 4) is 5.75 Å². The molecule has 1 aromatic carbocycles. The fraction of sp³-hybridized carbons (Fsp3) is 0.571. The molecule has 3 heteroatoms. The van der Waals surface area contributed by atoms with Crippen LogP contribution in [0.4, 0.5) is 4.39 Å². The quantitative estimate of drug-likeness (QED) is 0.848. The lowest BCUT2D eigenvalue weighted by atomic mass is 9.78. The summed E-state index contributed by atoms with van der Waals surface area (Å²) in [5, 5.41) is 3.27. The molecule has 0 radical (unpaired) electrons. The first-order valence-electron chi connectivity index (χ1n) is 5.97. The van der Waals surface area contributed by atoms with Gasteiger partial charge in [0.2, 0.25) is 0 Å². The Morgan fingerprint density at radius 3 is 2.47 bits per heavy atom. The van der Waals surface area contributed by atoms with Crippen LogP contribution in [0.1, 0.15) is 38.8 Å². The van der Waals surface area contributed by atoms with Crippen LogP contribution in [-0.4, -0.2) is 14.2 Å². The predicted octanol–water partition coefficient (Wildman–Crippen LogP) is 3.53. The van der Waals surface area contributed by atoms with Crippen LogP contribution in [0.5, 0.6) is 5.75 Å². The summed E-state index contributed by atoms with van der Waals surface area (Å²) in [5.74, 6) is -0.0185. The number of hydrogen-bond donors (Lipinski definition) is 1. The van der Waals surface area contributed by atoms with Crippen molar-refractivity contribution in [1.82, 2.24) is 5.32 Å². The van der Waals surface area contributed by atoms with E-state index in [4.69, 9.17) is 4.74 Å². The predicted molar refractivity (Wildman–Crippen MR) is 68.8 cm³/mol. The third-order valence-corrected chi connectivity index (χ3v) is 3.49. The van der Waals surface area contributed by atoms with Crippen molar-refractivity contribution in [2.24, 2.45) is 5.41 Å². The molecule has 0 amide bonds. The average Bonchev–Trinajstić information content (AvgIpc) is 2.30. The van der Waals surface area contributed by atoms with E-state index in [1.807, 2.05) is 13.1 Å². The SMILES string of the molecule is CCC(C)(C)C(NC)c1ccc(OC)c(F)c1. The number of ether oxygens (including phenoxy) is 1. The van der Waals surface area contributed by atoms with Crippen molar-refractivity contribution in [3.63, 3.8) is 0 Å². The van der Waals surface area contributed by atoms with E-state index in [9.17, 15) is 4.39 Å². The molecular weight excluding hydrogens is 217 g/mol. The first-order valence-corrected chi connectivity index (χ1v) is 5.97.